The minimum Gasteiger partial charge on any atom is -0.478 e. The molecule has 1 N–H and O–H groups in total. The second kappa shape index (κ2) is 8.17. The minimum atomic E-state index is -1.45. The number of carbonyl (C=O) groups is 4. The number of hydrogen-bond donors (Lipinski definition) is 1. The molecule has 2 aliphatic rings. The molecule has 2 aliphatic heterocycles. The highest BCUT2D eigenvalue weighted by atomic mass is 16.6. The lowest BCUT2D eigenvalue weighted by Crippen LogP contribution is -2.33. The predicted molar refractivity (Wildman–Crippen MR) is 132 cm³/mol. The summed E-state index contributed by atoms with van der Waals surface area (Å²) < 4.78 is 22.9. The maximum Gasteiger partial charge on any atom is 0.340 e. The van der Waals surface area contributed by atoms with Crippen molar-refractivity contribution in [2.45, 2.75) is 19.4 Å². The van der Waals surface area contributed by atoms with E-state index in [0.29, 0.717) is 39.0 Å². The van der Waals surface area contributed by atoms with Crippen LogP contribution in [0.4, 0.5) is 0 Å². The van der Waals surface area contributed by atoms with Crippen molar-refractivity contribution in [3.05, 3.63) is 94.5 Å². The van der Waals surface area contributed by atoms with Crippen LogP contribution in [0.25, 0.3) is 10.8 Å². The van der Waals surface area contributed by atoms with Crippen molar-refractivity contribution in [3.8, 4) is 23.0 Å². The Kier molecular flexibility index (Phi) is 5.00. The monoisotopic (exact) mass is 510 g/mol. The average molecular weight is 510 g/mol. The number of fused-ring (bicyclic) bond motifs is 8. The summed E-state index contributed by atoms with van der Waals surface area (Å²) in [4.78, 5) is 47.8. The summed E-state index contributed by atoms with van der Waals surface area (Å²) in [6, 6.07) is 17.6. The number of esters is 3. The molecule has 0 fully saturated rings. The number of ether oxygens (including phenoxy) is 4. The highest BCUT2D eigenvalue weighted by Gasteiger charge is 2.54. The Labute approximate surface area is 215 Å². The summed E-state index contributed by atoms with van der Waals surface area (Å²) in [6.07, 6.45) is 0. The fourth-order valence-electron chi connectivity index (χ4n) is 5.06. The van der Waals surface area contributed by atoms with E-state index >= 15 is 0 Å². The molecule has 0 saturated heterocycles. The van der Waals surface area contributed by atoms with Crippen LogP contribution >= 0.6 is 0 Å². The molecule has 9 heteroatoms. The molecule has 0 bridgehead atoms. The first-order valence-electron chi connectivity index (χ1n) is 11.5. The zero-order chi connectivity index (χ0) is 26.8. The van der Waals surface area contributed by atoms with Gasteiger partial charge in [-0.1, -0.05) is 12.1 Å². The molecule has 9 nitrogen and oxygen atoms in total. The number of carbonyl (C=O) groups excluding carboxylic acids is 3. The fourth-order valence-corrected chi connectivity index (χ4v) is 5.06. The van der Waals surface area contributed by atoms with E-state index < -0.39 is 29.5 Å². The van der Waals surface area contributed by atoms with Gasteiger partial charge in [0.2, 0.25) is 0 Å². The van der Waals surface area contributed by atoms with E-state index in [2.05, 4.69) is 0 Å². The van der Waals surface area contributed by atoms with Crippen LogP contribution in [0.1, 0.15) is 51.3 Å². The number of aromatic carboxylic acids is 1. The zero-order valence-corrected chi connectivity index (χ0v) is 20.1. The SMILES string of the molecule is CC(=O)Oc1ccc2c(c1)Oc1c(ccc3cc(OC(C)=O)ccc13)C21OC(=O)c2cc(C(=O)O)ccc21. The molecule has 0 aromatic heterocycles. The Balaban J connectivity index is 1.64. The lowest BCUT2D eigenvalue weighted by atomic mass is 9.76. The second-order valence-electron chi connectivity index (χ2n) is 8.91. The Morgan fingerprint density at radius 2 is 1.45 bits per heavy atom. The lowest BCUT2D eigenvalue weighted by molar-refractivity contribution is -0.132. The zero-order valence-electron chi connectivity index (χ0n) is 20.1. The van der Waals surface area contributed by atoms with Gasteiger partial charge >= 0.3 is 23.9 Å². The van der Waals surface area contributed by atoms with Crippen molar-refractivity contribution in [1.82, 2.24) is 0 Å². The standard InChI is InChI=1S/C29H18O9/c1-14(30)35-18-5-7-20-16(11-18)3-9-24-26(20)37-25-13-19(36-15(2)31)6-10-23(25)29(24)22-8-4-17(27(32)33)12-21(22)28(34)38-29/h3-13H,1-2H3,(H,32,33). The van der Waals surface area contributed by atoms with E-state index in [1.165, 1.54) is 32.0 Å². The predicted octanol–water partition coefficient (Wildman–Crippen LogP) is 4.96. The number of rotatable bonds is 3. The Bertz CT molecular complexity index is 1740. The van der Waals surface area contributed by atoms with Crippen molar-refractivity contribution in [1.29, 1.82) is 0 Å². The summed E-state index contributed by atoms with van der Waals surface area (Å²) in [7, 11) is 0. The van der Waals surface area contributed by atoms with Crippen LogP contribution < -0.4 is 14.2 Å². The first-order chi connectivity index (χ1) is 18.2. The topological polar surface area (TPSA) is 125 Å². The number of carboxylic acid groups (broad SMARTS) is 1. The van der Waals surface area contributed by atoms with Gasteiger partial charge in [0.1, 0.15) is 23.0 Å². The highest BCUT2D eigenvalue weighted by Crippen LogP contribution is 2.58. The molecular formula is C29H18O9. The van der Waals surface area contributed by atoms with Crippen LogP contribution in [-0.4, -0.2) is 29.0 Å². The molecule has 2 heterocycles. The quantitative estimate of drug-likeness (QED) is 0.301. The van der Waals surface area contributed by atoms with Crippen LogP contribution in [0.15, 0.2) is 66.7 Å². The van der Waals surface area contributed by atoms with Crippen molar-refractivity contribution < 1.29 is 43.2 Å². The molecule has 1 unspecified atom stereocenters. The van der Waals surface area contributed by atoms with Crippen LogP contribution in [0.5, 0.6) is 23.0 Å². The number of benzene rings is 4. The van der Waals surface area contributed by atoms with Gasteiger partial charge in [-0.15, -0.1) is 0 Å². The van der Waals surface area contributed by atoms with Crippen molar-refractivity contribution in [2.75, 3.05) is 0 Å². The smallest absolute Gasteiger partial charge is 0.340 e. The molecule has 0 amide bonds. The van der Waals surface area contributed by atoms with Gasteiger partial charge in [-0.25, -0.2) is 9.59 Å². The third kappa shape index (κ3) is 3.40. The van der Waals surface area contributed by atoms with Gasteiger partial charge in [0.15, 0.2) is 5.60 Å². The maximum atomic E-state index is 13.2. The summed E-state index contributed by atoms with van der Waals surface area (Å²) >= 11 is 0. The van der Waals surface area contributed by atoms with Gasteiger partial charge in [0, 0.05) is 42.0 Å². The van der Waals surface area contributed by atoms with Crippen molar-refractivity contribution >= 4 is 34.6 Å². The summed E-state index contributed by atoms with van der Waals surface area (Å²) in [6.45, 7) is 2.59. The van der Waals surface area contributed by atoms with Crippen LogP contribution in [0.2, 0.25) is 0 Å². The summed E-state index contributed by atoms with van der Waals surface area (Å²) in [5.41, 5.74) is 0.0729. The van der Waals surface area contributed by atoms with E-state index in [-0.39, 0.29) is 22.6 Å². The molecule has 0 radical (unpaired) electrons. The van der Waals surface area contributed by atoms with Gasteiger partial charge in [-0.3, -0.25) is 9.59 Å². The average Bonchev–Trinajstić information content (AvgIpc) is 3.15. The highest BCUT2D eigenvalue weighted by molar-refractivity contribution is 6.01. The lowest BCUT2D eigenvalue weighted by Gasteiger charge is -2.37. The fraction of sp³-hybridized carbons (Fsp3) is 0.103. The van der Waals surface area contributed by atoms with E-state index in [9.17, 15) is 24.3 Å². The Morgan fingerprint density at radius 1 is 0.789 bits per heavy atom. The van der Waals surface area contributed by atoms with E-state index in [1.54, 1.807) is 48.5 Å². The summed E-state index contributed by atoms with van der Waals surface area (Å²) in [5.74, 6) is -1.57. The first-order valence-corrected chi connectivity index (χ1v) is 11.5. The molecule has 4 aromatic rings. The van der Waals surface area contributed by atoms with Gasteiger partial charge in [0.05, 0.1) is 11.1 Å². The largest absolute Gasteiger partial charge is 0.478 e. The molecule has 0 saturated carbocycles. The third-order valence-electron chi connectivity index (χ3n) is 6.50. The summed E-state index contributed by atoms with van der Waals surface area (Å²) in [5, 5.41) is 10.8. The molecular weight excluding hydrogens is 492 g/mol. The molecule has 1 atom stereocenters. The van der Waals surface area contributed by atoms with E-state index in [4.69, 9.17) is 18.9 Å². The van der Waals surface area contributed by atoms with Crippen molar-refractivity contribution in [2.24, 2.45) is 0 Å². The number of carboxylic acids is 1. The molecule has 4 aromatic carbocycles. The Hall–Kier alpha value is -5.18. The van der Waals surface area contributed by atoms with Crippen molar-refractivity contribution in [3.63, 3.8) is 0 Å². The van der Waals surface area contributed by atoms with Crippen LogP contribution in [0, 0.1) is 0 Å². The van der Waals surface area contributed by atoms with Crippen LogP contribution in [0.3, 0.4) is 0 Å². The third-order valence-corrected chi connectivity index (χ3v) is 6.50. The molecule has 1 spiro atoms. The maximum absolute atomic E-state index is 13.2. The second-order valence-corrected chi connectivity index (χ2v) is 8.91. The van der Waals surface area contributed by atoms with Gasteiger partial charge in [0.25, 0.3) is 0 Å². The van der Waals surface area contributed by atoms with Gasteiger partial charge in [-0.2, -0.15) is 0 Å². The molecule has 6 rings (SSSR count). The molecule has 38 heavy (non-hydrogen) atoms. The van der Waals surface area contributed by atoms with E-state index in [0.717, 1.165) is 0 Å². The molecule has 188 valence electrons. The normalized spacial score (nSPS) is 16.6. The first kappa shape index (κ1) is 23.2. The van der Waals surface area contributed by atoms with E-state index in [1.807, 2.05) is 0 Å². The van der Waals surface area contributed by atoms with Gasteiger partial charge in [-0.05, 0) is 53.9 Å². The Morgan fingerprint density at radius 3 is 2.16 bits per heavy atom. The minimum absolute atomic E-state index is 0.0491. The van der Waals surface area contributed by atoms with Gasteiger partial charge < -0.3 is 24.1 Å². The number of hydrogen-bond acceptors (Lipinski definition) is 8. The molecule has 0 aliphatic carbocycles. The van der Waals surface area contributed by atoms with Crippen LogP contribution in [-0.2, 0) is 19.9 Å².